The highest BCUT2D eigenvalue weighted by Crippen LogP contribution is 2.62. The maximum Gasteiger partial charge on any atom is 0.234 e. The molecule has 0 aromatic heterocycles. The zero-order valence-corrected chi connectivity index (χ0v) is 25.2. The predicted octanol–water partition coefficient (Wildman–Crippen LogP) is 6.39. The van der Waals surface area contributed by atoms with E-state index in [2.05, 4.69) is 37.5 Å². The van der Waals surface area contributed by atoms with Gasteiger partial charge in [-0.1, -0.05) is 87.8 Å². The second kappa shape index (κ2) is 11.7. The van der Waals surface area contributed by atoms with Gasteiger partial charge >= 0.3 is 0 Å². The standard InChI is InChI=1S/C36H48N2O4/c1-3-17-35-19-15-25(23-35)27-29(35)33(41)37(31(27)39)21-13-11-9-7-5-6-8-10-12-14-22-38-32(40)28-26-16-20-36(24-26,18-4-2)30(28)34(38)42/h3-4,15-16,19-20,25-30H,1-2,5-14,17-18,21-24H2. The number of unbranched alkanes of at least 4 members (excludes halogenated alkanes) is 9. The van der Waals surface area contributed by atoms with Crippen molar-refractivity contribution in [2.45, 2.75) is 89.9 Å². The molecule has 2 saturated carbocycles. The van der Waals surface area contributed by atoms with E-state index in [-0.39, 0.29) is 70.0 Å². The number of carbonyl (C=O) groups is 4. The molecular weight excluding hydrogens is 524 g/mol. The Balaban J connectivity index is 0.813. The molecule has 6 rings (SSSR count). The third-order valence-corrected chi connectivity index (χ3v) is 11.7. The van der Waals surface area contributed by atoms with Crippen LogP contribution >= 0.6 is 0 Å². The molecule has 6 aliphatic rings. The SMILES string of the molecule is C=CCC12C=CC(C1)C1C(=O)N(CCCCCCCCCCCCN3C(=O)C4C5C=CC(CC=C)(C5)C4C3=O)C(=O)C12. The minimum atomic E-state index is -0.174. The Bertz CT molecular complexity index is 1110. The van der Waals surface area contributed by atoms with Gasteiger partial charge in [-0.3, -0.25) is 29.0 Å². The first kappa shape index (κ1) is 29.3. The van der Waals surface area contributed by atoms with Crippen LogP contribution in [0.15, 0.2) is 49.6 Å². The van der Waals surface area contributed by atoms with Crippen LogP contribution in [0, 0.1) is 46.3 Å². The van der Waals surface area contributed by atoms with Gasteiger partial charge in [-0.15, -0.1) is 13.2 Å². The monoisotopic (exact) mass is 572 g/mol. The summed E-state index contributed by atoms with van der Waals surface area (Å²) < 4.78 is 0. The number of carbonyl (C=O) groups excluding carboxylic acids is 4. The van der Waals surface area contributed by atoms with Crippen molar-refractivity contribution in [2.24, 2.45) is 46.3 Å². The maximum atomic E-state index is 13.2. The predicted molar refractivity (Wildman–Crippen MR) is 163 cm³/mol. The van der Waals surface area contributed by atoms with Gasteiger partial charge < -0.3 is 0 Å². The first-order valence-corrected chi connectivity index (χ1v) is 16.7. The summed E-state index contributed by atoms with van der Waals surface area (Å²) in [5, 5.41) is 0. The molecule has 8 unspecified atom stereocenters. The molecule has 6 nitrogen and oxygen atoms in total. The lowest BCUT2D eigenvalue weighted by Crippen LogP contribution is -2.36. The zero-order chi connectivity index (χ0) is 29.5. The Kier molecular flexibility index (Phi) is 8.19. The first-order valence-electron chi connectivity index (χ1n) is 16.7. The molecule has 4 amide bonds. The molecule has 0 N–H and O–H groups in total. The Morgan fingerprint density at radius 1 is 0.595 bits per heavy atom. The summed E-state index contributed by atoms with van der Waals surface area (Å²) in [4.78, 5) is 55.7. The van der Waals surface area contributed by atoms with E-state index in [1.54, 1.807) is 9.80 Å². The van der Waals surface area contributed by atoms with E-state index >= 15 is 0 Å². The lowest BCUT2D eigenvalue weighted by molar-refractivity contribution is -0.142. The van der Waals surface area contributed by atoms with E-state index in [0.717, 1.165) is 64.2 Å². The minimum absolute atomic E-state index is 0.0562. The summed E-state index contributed by atoms with van der Waals surface area (Å²) in [7, 11) is 0. The van der Waals surface area contributed by atoms with E-state index < -0.39 is 0 Å². The number of rotatable bonds is 17. The summed E-state index contributed by atoms with van der Waals surface area (Å²) in [6, 6.07) is 0. The van der Waals surface area contributed by atoms with Crippen molar-refractivity contribution in [1.29, 1.82) is 0 Å². The van der Waals surface area contributed by atoms with Crippen LogP contribution in [0.25, 0.3) is 0 Å². The highest BCUT2D eigenvalue weighted by atomic mass is 16.2. The summed E-state index contributed by atoms with van der Waals surface area (Å²) in [5.41, 5.74) is -0.348. The number of fused-ring (bicyclic) bond motifs is 10. The van der Waals surface area contributed by atoms with Gasteiger partial charge in [0, 0.05) is 23.9 Å². The summed E-state index contributed by atoms with van der Waals surface area (Å²) in [6.07, 6.45) is 26.9. The molecule has 2 heterocycles. The Hall–Kier alpha value is -2.76. The number of imide groups is 2. The third-order valence-electron chi connectivity index (χ3n) is 11.7. The van der Waals surface area contributed by atoms with Gasteiger partial charge in [0.05, 0.1) is 23.7 Å². The van der Waals surface area contributed by atoms with E-state index in [1.165, 1.54) is 25.7 Å². The number of allylic oxidation sites excluding steroid dienone is 6. The minimum Gasteiger partial charge on any atom is -0.282 e. The zero-order valence-electron chi connectivity index (χ0n) is 25.2. The van der Waals surface area contributed by atoms with Crippen molar-refractivity contribution in [3.05, 3.63) is 49.6 Å². The molecule has 2 aliphatic heterocycles. The molecule has 4 aliphatic carbocycles. The fraction of sp³-hybridized carbons (Fsp3) is 0.667. The quantitative estimate of drug-likeness (QED) is 0.115. The molecule has 226 valence electrons. The van der Waals surface area contributed by atoms with Crippen molar-refractivity contribution in [1.82, 2.24) is 9.80 Å². The lowest BCUT2D eigenvalue weighted by atomic mass is 9.73. The summed E-state index contributed by atoms with van der Waals surface area (Å²) in [5.74, 6) is 0.0705. The maximum absolute atomic E-state index is 13.2. The smallest absolute Gasteiger partial charge is 0.234 e. The van der Waals surface area contributed by atoms with Gasteiger partial charge in [-0.05, 0) is 50.4 Å². The number of nitrogens with zero attached hydrogens (tertiary/aromatic N) is 2. The average molecular weight is 573 g/mol. The van der Waals surface area contributed by atoms with Crippen LogP contribution in [0.5, 0.6) is 0 Å². The van der Waals surface area contributed by atoms with Crippen LogP contribution < -0.4 is 0 Å². The highest BCUT2D eigenvalue weighted by Gasteiger charge is 2.66. The molecule has 0 aromatic carbocycles. The van der Waals surface area contributed by atoms with Crippen LogP contribution in [0.3, 0.4) is 0 Å². The molecule has 4 fully saturated rings. The molecule has 6 heteroatoms. The van der Waals surface area contributed by atoms with Gasteiger partial charge in [0.1, 0.15) is 0 Å². The molecular formula is C36H48N2O4. The summed E-state index contributed by atoms with van der Waals surface area (Å²) in [6.45, 7) is 8.92. The number of hydrogen-bond acceptors (Lipinski definition) is 4. The Morgan fingerprint density at radius 2 is 0.952 bits per heavy atom. The van der Waals surface area contributed by atoms with Gasteiger partial charge in [0.2, 0.25) is 23.6 Å². The van der Waals surface area contributed by atoms with Crippen molar-refractivity contribution in [3.63, 3.8) is 0 Å². The molecule has 4 bridgehead atoms. The van der Waals surface area contributed by atoms with Crippen molar-refractivity contribution in [3.8, 4) is 0 Å². The Morgan fingerprint density at radius 3 is 1.31 bits per heavy atom. The third kappa shape index (κ3) is 4.68. The number of hydrogen-bond donors (Lipinski definition) is 0. The van der Waals surface area contributed by atoms with E-state index in [0.29, 0.717) is 13.1 Å². The van der Waals surface area contributed by atoms with Crippen LogP contribution in [-0.4, -0.2) is 46.5 Å². The highest BCUT2D eigenvalue weighted by molar-refractivity contribution is 6.07. The molecule has 2 saturated heterocycles. The van der Waals surface area contributed by atoms with Crippen molar-refractivity contribution in [2.75, 3.05) is 13.1 Å². The molecule has 0 aromatic rings. The second-order valence-electron chi connectivity index (χ2n) is 14.1. The van der Waals surface area contributed by atoms with Crippen LogP contribution in [-0.2, 0) is 19.2 Å². The van der Waals surface area contributed by atoms with Gasteiger partial charge in [0.15, 0.2) is 0 Å². The molecule has 8 atom stereocenters. The fourth-order valence-corrected chi connectivity index (χ4v) is 9.80. The van der Waals surface area contributed by atoms with Gasteiger partial charge in [0.25, 0.3) is 0 Å². The fourth-order valence-electron chi connectivity index (χ4n) is 9.80. The van der Waals surface area contributed by atoms with Crippen molar-refractivity contribution >= 4 is 23.6 Å². The number of amides is 4. The molecule has 42 heavy (non-hydrogen) atoms. The first-order chi connectivity index (χ1) is 20.4. The number of likely N-dealkylation sites (tertiary alicyclic amines) is 2. The molecule has 0 radical (unpaired) electrons. The Labute approximate surface area is 251 Å². The topological polar surface area (TPSA) is 74.8 Å². The normalized spacial score (nSPS) is 37.0. The van der Waals surface area contributed by atoms with E-state index in [4.69, 9.17) is 0 Å². The lowest BCUT2D eigenvalue weighted by Gasteiger charge is -2.29. The van der Waals surface area contributed by atoms with Crippen LogP contribution in [0.4, 0.5) is 0 Å². The largest absolute Gasteiger partial charge is 0.282 e. The van der Waals surface area contributed by atoms with Crippen molar-refractivity contribution < 1.29 is 19.2 Å². The average Bonchev–Trinajstić information content (AvgIpc) is 3.79. The second-order valence-corrected chi connectivity index (χ2v) is 14.1. The van der Waals surface area contributed by atoms with Gasteiger partial charge in [-0.25, -0.2) is 0 Å². The summed E-state index contributed by atoms with van der Waals surface area (Å²) >= 11 is 0. The molecule has 0 spiro atoms. The van der Waals surface area contributed by atoms with Crippen LogP contribution in [0.2, 0.25) is 0 Å². The van der Waals surface area contributed by atoms with E-state index in [9.17, 15) is 19.2 Å². The van der Waals surface area contributed by atoms with Crippen LogP contribution in [0.1, 0.15) is 89.9 Å². The van der Waals surface area contributed by atoms with E-state index in [1.807, 2.05) is 12.2 Å². The van der Waals surface area contributed by atoms with Gasteiger partial charge in [-0.2, -0.15) is 0 Å².